The van der Waals surface area contributed by atoms with Crippen molar-refractivity contribution in [3.63, 3.8) is 0 Å². The van der Waals surface area contributed by atoms with Crippen molar-refractivity contribution in [3.8, 4) is 11.4 Å². The highest BCUT2D eigenvalue weighted by Gasteiger charge is 2.18. The Morgan fingerprint density at radius 3 is 2.34 bits per heavy atom. The van der Waals surface area contributed by atoms with Gasteiger partial charge in [-0.2, -0.15) is 0 Å². The highest BCUT2D eigenvalue weighted by Crippen LogP contribution is 2.17. The SMILES string of the molecule is CCn1c(=O)c2c(ncn2Cc2ccc(OC)cc2)n(-c2ccc(F)cc2)c1=O. The van der Waals surface area contributed by atoms with E-state index in [1.54, 1.807) is 18.6 Å². The standard InChI is InChI=1S/C21H19FN4O3/c1-3-25-20(27)18-19(26(21(25)28)16-8-6-15(22)7-9-16)23-13-24(18)12-14-4-10-17(29-2)11-5-14/h4-11,13H,3,12H2,1-2H3. The molecule has 0 aliphatic carbocycles. The minimum absolute atomic E-state index is 0.211. The van der Waals surface area contributed by atoms with Gasteiger partial charge in [-0.05, 0) is 48.9 Å². The first-order chi connectivity index (χ1) is 14.0. The van der Waals surface area contributed by atoms with E-state index in [2.05, 4.69) is 4.98 Å². The van der Waals surface area contributed by atoms with E-state index in [1.807, 2.05) is 24.3 Å². The minimum atomic E-state index is -0.508. The molecule has 148 valence electrons. The van der Waals surface area contributed by atoms with E-state index in [4.69, 9.17) is 4.74 Å². The minimum Gasteiger partial charge on any atom is -0.497 e. The third kappa shape index (κ3) is 3.22. The Morgan fingerprint density at radius 1 is 1.03 bits per heavy atom. The van der Waals surface area contributed by atoms with Crippen LogP contribution in [0, 0.1) is 5.82 Å². The highest BCUT2D eigenvalue weighted by atomic mass is 19.1. The van der Waals surface area contributed by atoms with Crippen LogP contribution in [0.5, 0.6) is 5.75 Å². The van der Waals surface area contributed by atoms with Crippen molar-refractivity contribution in [1.82, 2.24) is 18.7 Å². The van der Waals surface area contributed by atoms with Crippen molar-refractivity contribution in [2.75, 3.05) is 7.11 Å². The third-order valence-electron chi connectivity index (χ3n) is 4.81. The summed E-state index contributed by atoms with van der Waals surface area (Å²) in [6.07, 6.45) is 1.54. The molecule has 0 amide bonds. The Labute approximate surface area is 165 Å². The van der Waals surface area contributed by atoms with E-state index in [0.29, 0.717) is 17.7 Å². The van der Waals surface area contributed by atoms with Crippen LogP contribution in [0.15, 0.2) is 64.4 Å². The van der Waals surface area contributed by atoms with Crippen LogP contribution in [0.2, 0.25) is 0 Å². The summed E-state index contributed by atoms with van der Waals surface area (Å²) in [6, 6.07) is 13.0. The summed E-state index contributed by atoms with van der Waals surface area (Å²) in [6.45, 7) is 2.34. The van der Waals surface area contributed by atoms with Crippen molar-refractivity contribution in [1.29, 1.82) is 0 Å². The molecule has 2 heterocycles. The summed E-state index contributed by atoms with van der Waals surface area (Å²) in [5.41, 5.74) is 1.03. The number of rotatable bonds is 5. The number of benzene rings is 2. The second-order valence-corrected chi connectivity index (χ2v) is 6.54. The number of halogens is 1. The molecule has 0 saturated carbocycles. The second-order valence-electron chi connectivity index (χ2n) is 6.54. The van der Waals surface area contributed by atoms with Crippen LogP contribution in [-0.2, 0) is 13.1 Å². The first-order valence-corrected chi connectivity index (χ1v) is 9.13. The molecular formula is C21H19FN4O3. The maximum absolute atomic E-state index is 13.4. The molecule has 8 heteroatoms. The fourth-order valence-electron chi connectivity index (χ4n) is 3.33. The highest BCUT2D eigenvalue weighted by molar-refractivity contribution is 5.72. The lowest BCUT2D eigenvalue weighted by molar-refractivity contribution is 0.414. The van der Waals surface area contributed by atoms with Gasteiger partial charge < -0.3 is 9.30 Å². The zero-order valence-electron chi connectivity index (χ0n) is 16.0. The van der Waals surface area contributed by atoms with Gasteiger partial charge in [-0.15, -0.1) is 0 Å². The van der Waals surface area contributed by atoms with Gasteiger partial charge in [0.1, 0.15) is 11.6 Å². The smallest absolute Gasteiger partial charge is 0.337 e. The molecule has 4 aromatic rings. The molecule has 2 aromatic carbocycles. The van der Waals surface area contributed by atoms with Crippen molar-refractivity contribution in [2.24, 2.45) is 0 Å². The van der Waals surface area contributed by atoms with E-state index in [0.717, 1.165) is 15.9 Å². The van der Waals surface area contributed by atoms with E-state index in [1.165, 1.54) is 35.2 Å². The number of aromatic nitrogens is 4. The van der Waals surface area contributed by atoms with Crippen LogP contribution in [0.3, 0.4) is 0 Å². The number of ether oxygens (including phenoxy) is 1. The number of nitrogens with zero attached hydrogens (tertiary/aromatic N) is 4. The van der Waals surface area contributed by atoms with Crippen LogP contribution in [0.4, 0.5) is 4.39 Å². The Hall–Kier alpha value is -3.68. The van der Waals surface area contributed by atoms with E-state index < -0.39 is 17.1 Å². The van der Waals surface area contributed by atoms with Gasteiger partial charge in [0.2, 0.25) is 0 Å². The van der Waals surface area contributed by atoms with E-state index in [-0.39, 0.29) is 12.2 Å². The van der Waals surface area contributed by atoms with Gasteiger partial charge in [-0.25, -0.2) is 18.7 Å². The molecule has 0 unspecified atom stereocenters. The Morgan fingerprint density at radius 2 is 1.72 bits per heavy atom. The molecule has 0 fully saturated rings. The normalized spacial score (nSPS) is 11.1. The average molecular weight is 394 g/mol. The van der Waals surface area contributed by atoms with Gasteiger partial charge in [0.25, 0.3) is 5.56 Å². The summed E-state index contributed by atoms with van der Waals surface area (Å²) >= 11 is 0. The zero-order chi connectivity index (χ0) is 20.5. The zero-order valence-corrected chi connectivity index (χ0v) is 16.0. The first kappa shape index (κ1) is 18.7. The molecule has 0 spiro atoms. The third-order valence-corrected chi connectivity index (χ3v) is 4.81. The topological polar surface area (TPSA) is 71.0 Å². The summed E-state index contributed by atoms with van der Waals surface area (Å²) in [7, 11) is 1.60. The summed E-state index contributed by atoms with van der Waals surface area (Å²) in [4.78, 5) is 30.3. The van der Waals surface area contributed by atoms with Crippen LogP contribution in [0.25, 0.3) is 16.9 Å². The number of hydrogen-bond acceptors (Lipinski definition) is 4. The molecule has 0 radical (unpaired) electrons. The van der Waals surface area contributed by atoms with Crippen molar-refractivity contribution >= 4 is 11.2 Å². The van der Waals surface area contributed by atoms with Crippen LogP contribution >= 0.6 is 0 Å². The Kier molecular flexibility index (Phi) is 4.75. The lowest BCUT2D eigenvalue weighted by Gasteiger charge is -2.12. The van der Waals surface area contributed by atoms with Crippen LogP contribution in [0.1, 0.15) is 12.5 Å². The molecule has 2 aromatic heterocycles. The van der Waals surface area contributed by atoms with Crippen molar-refractivity contribution in [2.45, 2.75) is 20.0 Å². The Bertz CT molecular complexity index is 1290. The summed E-state index contributed by atoms with van der Waals surface area (Å²) in [5.74, 6) is 0.328. The van der Waals surface area contributed by atoms with E-state index >= 15 is 0 Å². The molecule has 0 atom stereocenters. The molecule has 7 nitrogen and oxygen atoms in total. The first-order valence-electron chi connectivity index (χ1n) is 9.13. The van der Waals surface area contributed by atoms with Gasteiger partial charge in [0, 0.05) is 13.1 Å². The maximum atomic E-state index is 13.4. The molecule has 4 rings (SSSR count). The maximum Gasteiger partial charge on any atom is 0.337 e. The summed E-state index contributed by atoms with van der Waals surface area (Å²) < 4.78 is 22.7. The molecule has 0 aliphatic rings. The predicted molar refractivity (Wildman–Crippen MR) is 107 cm³/mol. The molecule has 0 N–H and O–H groups in total. The lowest BCUT2D eigenvalue weighted by Crippen LogP contribution is -2.39. The molecule has 0 saturated heterocycles. The van der Waals surface area contributed by atoms with Crippen LogP contribution < -0.4 is 16.0 Å². The van der Waals surface area contributed by atoms with E-state index in [9.17, 15) is 14.0 Å². The van der Waals surface area contributed by atoms with Gasteiger partial charge in [-0.1, -0.05) is 12.1 Å². The van der Waals surface area contributed by atoms with Gasteiger partial charge in [-0.3, -0.25) is 9.36 Å². The number of fused-ring (bicyclic) bond motifs is 1. The number of imidazole rings is 1. The molecule has 29 heavy (non-hydrogen) atoms. The van der Waals surface area contributed by atoms with Gasteiger partial charge in [0.05, 0.1) is 19.1 Å². The monoisotopic (exact) mass is 394 g/mol. The molecular weight excluding hydrogens is 375 g/mol. The second kappa shape index (κ2) is 7.38. The van der Waals surface area contributed by atoms with Crippen molar-refractivity contribution < 1.29 is 9.13 Å². The summed E-state index contributed by atoms with van der Waals surface area (Å²) in [5, 5.41) is 0. The van der Waals surface area contributed by atoms with Gasteiger partial charge >= 0.3 is 5.69 Å². The quantitative estimate of drug-likeness (QED) is 0.522. The predicted octanol–water partition coefficient (Wildman–Crippen LogP) is 2.56. The van der Waals surface area contributed by atoms with Crippen molar-refractivity contribution in [3.05, 3.63) is 87.1 Å². The molecule has 0 bridgehead atoms. The number of hydrogen-bond donors (Lipinski definition) is 0. The molecule has 0 aliphatic heterocycles. The average Bonchev–Trinajstić information content (AvgIpc) is 3.14. The Balaban J connectivity index is 1.92. The van der Waals surface area contributed by atoms with Crippen LogP contribution in [-0.4, -0.2) is 25.8 Å². The largest absolute Gasteiger partial charge is 0.497 e. The van der Waals surface area contributed by atoms with Gasteiger partial charge in [0.15, 0.2) is 11.2 Å². The fourth-order valence-corrected chi connectivity index (χ4v) is 3.33. The lowest BCUT2D eigenvalue weighted by atomic mass is 10.2. The number of methoxy groups -OCH3 is 1. The fraction of sp³-hybridized carbons (Fsp3) is 0.190.